The van der Waals surface area contributed by atoms with E-state index in [1.165, 1.54) is 5.56 Å². The van der Waals surface area contributed by atoms with Crippen molar-refractivity contribution in [1.29, 1.82) is 0 Å². The van der Waals surface area contributed by atoms with Gasteiger partial charge in [-0.25, -0.2) is 4.99 Å². The molecular formula is C24H31N5O2. The van der Waals surface area contributed by atoms with E-state index in [1.54, 1.807) is 7.11 Å². The maximum atomic E-state index is 12.8. The second-order valence-corrected chi connectivity index (χ2v) is 7.87. The summed E-state index contributed by atoms with van der Waals surface area (Å²) in [6.45, 7) is 5.45. The summed E-state index contributed by atoms with van der Waals surface area (Å²) in [7, 11) is 1.70. The number of aliphatic imine (C=N–C) groups is 1. The lowest BCUT2D eigenvalue weighted by atomic mass is 10.2. The molecule has 2 aliphatic heterocycles. The van der Waals surface area contributed by atoms with Gasteiger partial charge in [-0.2, -0.15) is 0 Å². The number of methoxy groups -OCH3 is 1. The lowest BCUT2D eigenvalue weighted by Gasteiger charge is -2.22. The van der Waals surface area contributed by atoms with Crippen molar-refractivity contribution < 1.29 is 9.53 Å². The zero-order chi connectivity index (χ0) is 21.6. The number of nitrogens with one attached hydrogen (secondary N) is 2. The molecule has 2 aromatic carbocycles. The summed E-state index contributed by atoms with van der Waals surface area (Å²) in [6.07, 6.45) is 1.90. The standard InChI is InChI=1S/C24H31N5O2/c1-3-25-24(26-16-23(30)29-15-12-18-8-4-5-9-20(18)29)27-19-13-14-28(17-19)21-10-6-7-11-22(21)31-2/h4-11,19H,3,12-17H2,1-2H3,(H2,25,26,27). The molecule has 2 aliphatic rings. The maximum absolute atomic E-state index is 12.8. The molecule has 7 nitrogen and oxygen atoms in total. The van der Waals surface area contributed by atoms with Gasteiger partial charge in [0.05, 0.1) is 12.8 Å². The molecule has 0 bridgehead atoms. The van der Waals surface area contributed by atoms with Crippen LogP contribution in [0.2, 0.25) is 0 Å². The molecule has 1 saturated heterocycles. The predicted molar refractivity (Wildman–Crippen MR) is 125 cm³/mol. The fourth-order valence-electron chi connectivity index (χ4n) is 4.33. The number of carbonyl (C=O) groups excluding carboxylic acids is 1. The predicted octanol–water partition coefficient (Wildman–Crippen LogP) is 2.42. The van der Waals surface area contributed by atoms with E-state index >= 15 is 0 Å². The van der Waals surface area contributed by atoms with Crippen LogP contribution in [0.25, 0.3) is 0 Å². The minimum atomic E-state index is 0.0317. The molecule has 2 heterocycles. The highest BCUT2D eigenvalue weighted by atomic mass is 16.5. The quantitative estimate of drug-likeness (QED) is 0.554. The van der Waals surface area contributed by atoms with Crippen LogP contribution in [0.1, 0.15) is 18.9 Å². The van der Waals surface area contributed by atoms with E-state index in [0.717, 1.165) is 56.1 Å². The van der Waals surface area contributed by atoms with Crippen LogP contribution >= 0.6 is 0 Å². The Hall–Kier alpha value is -3.22. The van der Waals surface area contributed by atoms with Crippen molar-refractivity contribution in [3.05, 3.63) is 54.1 Å². The molecule has 2 aromatic rings. The van der Waals surface area contributed by atoms with Crippen LogP contribution in [0, 0.1) is 0 Å². The molecule has 4 rings (SSSR count). The first-order chi connectivity index (χ1) is 15.2. The molecule has 164 valence electrons. The topological polar surface area (TPSA) is 69.2 Å². The average molecular weight is 422 g/mol. The maximum Gasteiger partial charge on any atom is 0.248 e. The summed E-state index contributed by atoms with van der Waals surface area (Å²) in [6, 6.07) is 16.5. The van der Waals surface area contributed by atoms with Gasteiger partial charge < -0.3 is 25.2 Å². The molecule has 0 aromatic heterocycles. The molecule has 0 radical (unpaired) electrons. The van der Waals surface area contributed by atoms with E-state index in [-0.39, 0.29) is 18.5 Å². The Morgan fingerprint density at radius 1 is 1.13 bits per heavy atom. The van der Waals surface area contributed by atoms with Gasteiger partial charge in [0.25, 0.3) is 0 Å². The second kappa shape index (κ2) is 9.73. The van der Waals surface area contributed by atoms with Gasteiger partial charge in [0.2, 0.25) is 5.91 Å². The second-order valence-electron chi connectivity index (χ2n) is 7.87. The van der Waals surface area contributed by atoms with Crippen molar-refractivity contribution in [3.8, 4) is 5.75 Å². The molecule has 0 aliphatic carbocycles. The monoisotopic (exact) mass is 421 g/mol. The van der Waals surface area contributed by atoms with Crippen LogP contribution in [-0.4, -0.2) is 57.7 Å². The number of guanidine groups is 1. The minimum absolute atomic E-state index is 0.0317. The van der Waals surface area contributed by atoms with Crippen LogP contribution in [0.5, 0.6) is 5.75 Å². The Kier molecular flexibility index (Phi) is 6.60. The van der Waals surface area contributed by atoms with Crippen molar-refractivity contribution in [2.75, 3.05) is 49.6 Å². The Labute approximate surface area is 184 Å². The molecule has 7 heteroatoms. The number of nitrogens with zero attached hydrogens (tertiary/aromatic N) is 3. The number of fused-ring (bicyclic) bond motifs is 1. The Bertz CT molecular complexity index is 945. The van der Waals surface area contributed by atoms with Crippen molar-refractivity contribution >= 4 is 23.2 Å². The number of para-hydroxylation sites is 3. The highest BCUT2D eigenvalue weighted by Crippen LogP contribution is 2.30. The number of anilines is 2. The van der Waals surface area contributed by atoms with Crippen molar-refractivity contribution in [3.63, 3.8) is 0 Å². The fraction of sp³-hybridized carbons (Fsp3) is 0.417. The van der Waals surface area contributed by atoms with Crippen molar-refractivity contribution in [1.82, 2.24) is 10.6 Å². The number of hydrogen-bond acceptors (Lipinski definition) is 4. The van der Waals surface area contributed by atoms with Gasteiger partial charge in [-0.05, 0) is 43.5 Å². The SMILES string of the molecule is CCNC(=NCC(=O)N1CCc2ccccc21)NC1CCN(c2ccccc2OC)C1. The molecule has 31 heavy (non-hydrogen) atoms. The Morgan fingerprint density at radius 3 is 2.71 bits per heavy atom. The normalized spacial score (nSPS) is 18.1. The largest absolute Gasteiger partial charge is 0.495 e. The third-order valence-corrected chi connectivity index (χ3v) is 5.86. The molecule has 0 spiro atoms. The van der Waals surface area contributed by atoms with E-state index in [2.05, 4.69) is 32.7 Å². The number of ether oxygens (including phenoxy) is 1. The van der Waals surface area contributed by atoms with E-state index in [4.69, 9.17) is 4.74 Å². The van der Waals surface area contributed by atoms with Gasteiger partial charge in [-0.1, -0.05) is 30.3 Å². The van der Waals surface area contributed by atoms with Gasteiger partial charge in [0.15, 0.2) is 5.96 Å². The van der Waals surface area contributed by atoms with Crippen LogP contribution < -0.4 is 25.2 Å². The summed E-state index contributed by atoms with van der Waals surface area (Å²) in [5, 5.41) is 6.78. The summed E-state index contributed by atoms with van der Waals surface area (Å²) in [5.41, 5.74) is 3.36. The molecule has 1 amide bonds. The summed E-state index contributed by atoms with van der Waals surface area (Å²) >= 11 is 0. The molecule has 1 atom stereocenters. The van der Waals surface area contributed by atoms with Gasteiger partial charge in [-0.3, -0.25) is 4.79 Å². The van der Waals surface area contributed by atoms with E-state index in [1.807, 2.05) is 48.2 Å². The van der Waals surface area contributed by atoms with Gasteiger partial charge in [0.1, 0.15) is 12.3 Å². The van der Waals surface area contributed by atoms with Gasteiger partial charge in [0, 0.05) is 37.9 Å². The van der Waals surface area contributed by atoms with E-state index in [0.29, 0.717) is 5.96 Å². The van der Waals surface area contributed by atoms with Crippen LogP contribution in [-0.2, 0) is 11.2 Å². The van der Waals surface area contributed by atoms with Crippen LogP contribution in [0.15, 0.2) is 53.5 Å². The number of rotatable bonds is 6. The van der Waals surface area contributed by atoms with Crippen molar-refractivity contribution in [2.24, 2.45) is 4.99 Å². The smallest absolute Gasteiger partial charge is 0.248 e. The average Bonchev–Trinajstić information content (AvgIpc) is 3.44. The number of hydrogen-bond donors (Lipinski definition) is 2. The first-order valence-corrected chi connectivity index (χ1v) is 11.0. The fourth-order valence-corrected chi connectivity index (χ4v) is 4.33. The number of amides is 1. The third kappa shape index (κ3) is 4.76. The molecule has 0 saturated carbocycles. The van der Waals surface area contributed by atoms with E-state index in [9.17, 15) is 4.79 Å². The number of carbonyl (C=O) groups is 1. The highest BCUT2D eigenvalue weighted by molar-refractivity contribution is 5.98. The Balaban J connectivity index is 1.37. The third-order valence-electron chi connectivity index (χ3n) is 5.86. The summed E-state index contributed by atoms with van der Waals surface area (Å²) in [4.78, 5) is 21.6. The molecule has 1 unspecified atom stereocenters. The summed E-state index contributed by atoms with van der Waals surface area (Å²) in [5.74, 6) is 1.61. The van der Waals surface area contributed by atoms with Crippen LogP contribution in [0.4, 0.5) is 11.4 Å². The van der Waals surface area contributed by atoms with Gasteiger partial charge >= 0.3 is 0 Å². The molecule has 2 N–H and O–H groups in total. The lowest BCUT2D eigenvalue weighted by Crippen LogP contribution is -2.45. The summed E-state index contributed by atoms with van der Waals surface area (Å²) < 4.78 is 5.51. The first kappa shape index (κ1) is 21.0. The molecule has 1 fully saturated rings. The zero-order valence-electron chi connectivity index (χ0n) is 18.3. The highest BCUT2D eigenvalue weighted by Gasteiger charge is 2.26. The van der Waals surface area contributed by atoms with Crippen LogP contribution in [0.3, 0.4) is 0 Å². The van der Waals surface area contributed by atoms with Gasteiger partial charge in [-0.15, -0.1) is 0 Å². The minimum Gasteiger partial charge on any atom is -0.495 e. The number of benzene rings is 2. The van der Waals surface area contributed by atoms with Crippen molar-refractivity contribution in [2.45, 2.75) is 25.8 Å². The first-order valence-electron chi connectivity index (χ1n) is 11.0. The van der Waals surface area contributed by atoms with E-state index < -0.39 is 0 Å². The lowest BCUT2D eigenvalue weighted by molar-refractivity contribution is -0.117. The Morgan fingerprint density at radius 2 is 1.90 bits per heavy atom. The zero-order valence-corrected chi connectivity index (χ0v) is 18.3. The molecular weight excluding hydrogens is 390 g/mol.